The van der Waals surface area contributed by atoms with Crippen molar-refractivity contribution in [1.29, 1.82) is 0 Å². The van der Waals surface area contributed by atoms with Gasteiger partial charge in [-0.1, -0.05) is 6.07 Å². The fourth-order valence-electron chi connectivity index (χ4n) is 1.76. The third-order valence-electron chi connectivity index (χ3n) is 2.71. The predicted molar refractivity (Wildman–Crippen MR) is 67.9 cm³/mol. The molecular formula is C13H12F6N2O. The predicted octanol–water partition coefficient (Wildman–Crippen LogP) is 4.27. The molecule has 0 atom stereocenters. The summed E-state index contributed by atoms with van der Waals surface area (Å²) in [5.74, 6) is 0. The van der Waals surface area contributed by atoms with Crippen molar-refractivity contribution in [3.8, 4) is 0 Å². The van der Waals surface area contributed by atoms with Crippen LogP contribution in [0.15, 0.2) is 18.2 Å². The van der Waals surface area contributed by atoms with Crippen molar-refractivity contribution < 1.29 is 31.1 Å². The van der Waals surface area contributed by atoms with Crippen molar-refractivity contribution >= 4 is 11.4 Å². The molecule has 0 aliphatic rings. The lowest BCUT2D eigenvalue weighted by Gasteiger charge is -2.26. The molecule has 0 aromatic heterocycles. The molecule has 122 valence electrons. The maximum absolute atomic E-state index is 12.9. The summed E-state index contributed by atoms with van der Waals surface area (Å²) in [6.45, 7) is 4.98. The van der Waals surface area contributed by atoms with E-state index < -0.39 is 30.1 Å². The second-order valence-corrected chi connectivity index (χ2v) is 4.34. The lowest BCUT2D eigenvalue weighted by Crippen LogP contribution is -2.36. The average Bonchev–Trinajstić information content (AvgIpc) is 2.40. The van der Waals surface area contributed by atoms with E-state index in [0.29, 0.717) is 6.07 Å². The molecule has 0 saturated carbocycles. The van der Waals surface area contributed by atoms with Crippen molar-refractivity contribution in [3.05, 3.63) is 35.2 Å². The maximum atomic E-state index is 12.9. The molecule has 1 aromatic rings. The van der Waals surface area contributed by atoms with Gasteiger partial charge in [0, 0.05) is 19.3 Å². The highest BCUT2D eigenvalue weighted by Crippen LogP contribution is 2.39. The zero-order chi connectivity index (χ0) is 17.0. The number of hydrogen-bond donors (Lipinski definition) is 0. The summed E-state index contributed by atoms with van der Waals surface area (Å²) in [5, 5.41) is 0. The maximum Gasteiger partial charge on any atom is 0.407 e. The van der Waals surface area contributed by atoms with Gasteiger partial charge >= 0.3 is 12.4 Å². The molecule has 0 heterocycles. The van der Waals surface area contributed by atoms with Gasteiger partial charge in [0.1, 0.15) is 6.54 Å². The van der Waals surface area contributed by atoms with Gasteiger partial charge in [0.2, 0.25) is 0 Å². The van der Waals surface area contributed by atoms with E-state index in [4.69, 9.17) is 6.57 Å². The van der Waals surface area contributed by atoms with Crippen LogP contribution in [0.3, 0.4) is 0 Å². The fraction of sp³-hybridized carbons (Fsp3) is 0.462. The lowest BCUT2D eigenvalue weighted by molar-refractivity contribution is -0.136. The van der Waals surface area contributed by atoms with E-state index in [0.717, 1.165) is 17.0 Å². The van der Waals surface area contributed by atoms with E-state index in [1.54, 1.807) is 0 Å². The van der Waals surface area contributed by atoms with Crippen LogP contribution >= 0.6 is 0 Å². The molecule has 22 heavy (non-hydrogen) atoms. The topological polar surface area (TPSA) is 16.8 Å². The van der Waals surface area contributed by atoms with Crippen LogP contribution in [-0.2, 0) is 10.9 Å². The van der Waals surface area contributed by atoms with Crippen molar-refractivity contribution in [3.63, 3.8) is 0 Å². The van der Waals surface area contributed by atoms with Gasteiger partial charge in [-0.25, -0.2) is 4.85 Å². The van der Waals surface area contributed by atoms with E-state index in [-0.39, 0.29) is 18.8 Å². The number of benzene rings is 1. The number of alkyl halides is 6. The van der Waals surface area contributed by atoms with Crippen LogP contribution in [0.5, 0.6) is 0 Å². The average molecular weight is 326 g/mol. The third-order valence-corrected chi connectivity index (χ3v) is 2.71. The molecular weight excluding hydrogens is 314 g/mol. The van der Waals surface area contributed by atoms with Crippen LogP contribution in [0.1, 0.15) is 5.56 Å². The molecule has 0 amide bonds. The zero-order valence-electron chi connectivity index (χ0n) is 11.4. The smallest absolute Gasteiger partial charge is 0.383 e. The van der Waals surface area contributed by atoms with Crippen LogP contribution in [-0.4, -0.2) is 33.0 Å². The van der Waals surface area contributed by atoms with Gasteiger partial charge in [0.25, 0.3) is 0 Å². The summed E-state index contributed by atoms with van der Waals surface area (Å²) in [6.07, 6.45) is -9.40. The van der Waals surface area contributed by atoms with Crippen LogP contribution in [0.4, 0.5) is 37.7 Å². The summed E-state index contributed by atoms with van der Waals surface area (Å²) in [4.78, 5) is 3.47. The van der Waals surface area contributed by atoms with Crippen molar-refractivity contribution in [2.45, 2.75) is 12.4 Å². The monoisotopic (exact) mass is 326 g/mol. The number of hydrogen-bond acceptors (Lipinski definition) is 2. The van der Waals surface area contributed by atoms with Gasteiger partial charge in [-0.2, -0.15) is 26.3 Å². The molecule has 0 aliphatic carbocycles. The first kappa shape index (κ1) is 18.1. The Labute approximate surface area is 122 Å². The van der Waals surface area contributed by atoms with Crippen LogP contribution in [0.25, 0.3) is 4.85 Å². The minimum atomic E-state index is -4.82. The Balaban J connectivity index is 3.22. The molecule has 0 bridgehead atoms. The Morgan fingerprint density at radius 3 is 2.27 bits per heavy atom. The van der Waals surface area contributed by atoms with E-state index in [2.05, 4.69) is 9.58 Å². The normalized spacial score (nSPS) is 12.1. The summed E-state index contributed by atoms with van der Waals surface area (Å²) >= 11 is 0. The molecule has 0 unspecified atom stereocenters. The number of anilines is 1. The van der Waals surface area contributed by atoms with Crippen molar-refractivity contribution in [1.82, 2.24) is 0 Å². The summed E-state index contributed by atoms with van der Waals surface area (Å²) in [7, 11) is 1.27. The lowest BCUT2D eigenvalue weighted by atomic mass is 10.1. The van der Waals surface area contributed by atoms with Gasteiger partial charge < -0.3 is 9.64 Å². The highest BCUT2D eigenvalue weighted by Gasteiger charge is 2.35. The first-order chi connectivity index (χ1) is 10.1. The molecule has 1 aromatic carbocycles. The van der Waals surface area contributed by atoms with Crippen molar-refractivity contribution in [2.75, 3.05) is 31.7 Å². The van der Waals surface area contributed by atoms with E-state index in [9.17, 15) is 26.3 Å². The molecule has 9 heteroatoms. The highest BCUT2D eigenvalue weighted by atomic mass is 19.4. The highest BCUT2D eigenvalue weighted by molar-refractivity contribution is 5.62. The number of rotatable bonds is 5. The largest absolute Gasteiger partial charge is 0.407 e. The molecule has 0 aliphatic heterocycles. The van der Waals surface area contributed by atoms with Crippen LogP contribution in [0, 0.1) is 6.57 Å². The van der Waals surface area contributed by atoms with Gasteiger partial charge in [0.15, 0.2) is 5.69 Å². The number of nitrogens with zero attached hydrogens (tertiary/aromatic N) is 2. The van der Waals surface area contributed by atoms with Crippen molar-refractivity contribution in [2.24, 2.45) is 0 Å². The first-order valence-corrected chi connectivity index (χ1v) is 5.98. The van der Waals surface area contributed by atoms with Crippen LogP contribution < -0.4 is 4.90 Å². The molecule has 0 radical (unpaired) electrons. The van der Waals surface area contributed by atoms with Gasteiger partial charge in [-0.3, -0.25) is 0 Å². The van der Waals surface area contributed by atoms with E-state index in [1.165, 1.54) is 7.11 Å². The minimum absolute atomic E-state index is 0.0813. The van der Waals surface area contributed by atoms with Gasteiger partial charge in [-0.05, 0) is 12.1 Å². The summed E-state index contributed by atoms with van der Waals surface area (Å²) in [5.41, 5.74) is -2.19. The molecule has 1 rings (SSSR count). The molecule has 0 fully saturated rings. The Kier molecular flexibility index (Phi) is 5.65. The molecule has 0 N–H and O–H groups in total. The quantitative estimate of drug-likeness (QED) is 0.594. The number of ether oxygens (including phenoxy) is 1. The van der Waals surface area contributed by atoms with Crippen LogP contribution in [0.2, 0.25) is 0 Å². The number of methoxy groups -OCH3 is 1. The fourth-order valence-corrected chi connectivity index (χ4v) is 1.76. The molecule has 3 nitrogen and oxygen atoms in total. The minimum Gasteiger partial charge on any atom is -0.383 e. The Morgan fingerprint density at radius 2 is 1.82 bits per heavy atom. The standard InChI is InChI=1S/C13H12F6N2O/c1-20-11-4-3-9(7-10(11)13(17,18)19)21(5-6-22-2)8-12(14,15)16/h3-4,7H,5-6,8H2,2H3. The SMILES string of the molecule is [C-]#[N+]c1ccc(N(CCOC)CC(F)(F)F)cc1C(F)(F)F. The molecule has 0 saturated heterocycles. The van der Waals surface area contributed by atoms with E-state index >= 15 is 0 Å². The second-order valence-electron chi connectivity index (χ2n) is 4.34. The Hall–Kier alpha value is -1.95. The van der Waals surface area contributed by atoms with Gasteiger partial charge in [-0.15, -0.1) is 0 Å². The summed E-state index contributed by atoms with van der Waals surface area (Å²) in [6, 6.07) is 2.47. The second kappa shape index (κ2) is 6.87. The van der Waals surface area contributed by atoms with E-state index in [1.807, 2.05) is 0 Å². The molecule has 0 spiro atoms. The Bertz CT molecular complexity index is 547. The first-order valence-electron chi connectivity index (χ1n) is 5.98. The van der Waals surface area contributed by atoms with Gasteiger partial charge in [0.05, 0.1) is 18.7 Å². The third kappa shape index (κ3) is 5.11. The zero-order valence-corrected chi connectivity index (χ0v) is 11.4. The number of halogens is 6. The Morgan fingerprint density at radius 1 is 1.18 bits per heavy atom. The summed E-state index contributed by atoms with van der Waals surface area (Å²) < 4.78 is 80.9.